The molecule has 2 aromatic carbocycles. The lowest BCUT2D eigenvalue weighted by Crippen LogP contribution is -2.04. The van der Waals surface area contributed by atoms with Crippen molar-refractivity contribution in [3.63, 3.8) is 0 Å². The second-order valence-electron chi connectivity index (χ2n) is 4.60. The number of hydrogen-bond donors (Lipinski definition) is 0. The lowest BCUT2D eigenvalue weighted by atomic mass is 9.98. The summed E-state index contributed by atoms with van der Waals surface area (Å²) in [6.07, 6.45) is 0. The van der Waals surface area contributed by atoms with Crippen LogP contribution in [0.4, 0.5) is 0 Å². The first kappa shape index (κ1) is 15.1. The second kappa shape index (κ2) is 5.98. The third kappa shape index (κ3) is 2.89. The minimum absolute atomic E-state index is 0.0618. The second-order valence-corrected chi connectivity index (χ2v) is 5.89. The summed E-state index contributed by atoms with van der Waals surface area (Å²) in [6, 6.07) is 8.86. The molecule has 0 aliphatic carbocycles. The van der Waals surface area contributed by atoms with E-state index in [1.807, 2.05) is 26.0 Å². The fourth-order valence-corrected chi connectivity index (χ4v) is 2.83. The smallest absolute Gasteiger partial charge is 0.194 e. The molecule has 0 spiro atoms. The molecule has 0 atom stereocenters. The Bertz CT molecular complexity index is 657. The van der Waals surface area contributed by atoms with Crippen LogP contribution in [0, 0.1) is 13.8 Å². The predicted octanol–water partition coefficient (Wildman–Crippen LogP) is 4.96. The Hall–Kier alpha value is -1.32. The monoisotopic (exact) mass is 352 g/mol. The zero-order valence-electron chi connectivity index (χ0n) is 11.5. The van der Waals surface area contributed by atoms with Gasteiger partial charge in [0, 0.05) is 20.6 Å². The van der Waals surface area contributed by atoms with E-state index in [4.69, 9.17) is 16.3 Å². The Balaban J connectivity index is 2.51. The predicted molar refractivity (Wildman–Crippen MR) is 85.1 cm³/mol. The number of ketones is 1. The van der Waals surface area contributed by atoms with Crippen LogP contribution in [0.3, 0.4) is 0 Å². The van der Waals surface area contributed by atoms with Crippen molar-refractivity contribution in [2.24, 2.45) is 0 Å². The average molecular weight is 354 g/mol. The van der Waals surface area contributed by atoms with Crippen LogP contribution in [0.25, 0.3) is 0 Å². The number of benzene rings is 2. The summed E-state index contributed by atoms with van der Waals surface area (Å²) >= 11 is 9.35. The fourth-order valence-electron chi connectivity index (χ4n) is 2.23. The molecule has 0 saturated carbocycles. The van der Waals surface area contributed by atoms with Gasteiger partial charge in [0.05, 0.1) is 7.11 Å². The molecule has 0 radical (unpaired) electrons. The van der Waals surface area contributed by atoms with Gasteiger partial charge >= 0.3 is 0 Å². The van der Waals surface area contributed by atoms with Gasteiger partial charge in [0.15, 0.2) is 5.78 Å². The average Bonchev–Trinajstić information content (AvgIpc) is 2.40. The summed E-state index contributed by atoms with van der Waals surface area (Å²) in [7, 11) is 1.63. The largest absolute Gasteiger partial charge is 0.496 e. The first-order valence-electron chi connectivity index (χ1n) is 6.09. The highest BCUT2D eigenvalue weighted by Gasteiger charge is 2.16. The zero-order valence-corrected chi connectivity index (χ0v) is 13.8. The molecule has 2 aromatic rings. The van der Waals surface area contributed by atoms with Crippen LogP contribution in [0.2, 0.25) is 5.02 Å². The van der Waals surface area contributed by atoms with Gasteiger partial charge in [0.2, 0.25) is 0 Å². The van der Waals surface area contributed by atoms with E-state index in [1.54, 1.807) is 25.3 Å². The Morgan fingerprint density at radius 2 is 1.75 bits per heavy atom. The minimum atomic E-state index is -0.0618. The van der Waals surface area contributed by atoms with E-state index in [2.05, 4.69) is 15.9 Å². The molecule has 0 amide bonds. The number of carbonyl (C=O) groups is 1. The molecule has 0 unspecified atom stereocenters. The maximum absolute atomic E-state index is 12.6. The Kier molecular flexibility index (Phi) is 4.51. The van der Waals surface area contributed by atoms with E-state index in [9.17, 15) is 4.79 Å². The van der Waals surface area contributed by atoms with Gasteiger partial charge in [-0.25, -0.2) is 0 Å². The van der Waals surface area contributed by atoms with Crippen LogP contribution < -0.4 is 4.74 Å². The van der Waals surface area contributed by atoms with Crippen molar-refractivity contribution >= 4 is 33.3 Å². The van der Waals surface area contributed by atoms with Crippen LogP contribution in [0.1, 0.15) is 27.0 Å². The molecular weight excluding hydrogens is 340 g/mol. The highest BCUT2D eigenvalue weighted by molar-refractivity contribution is 9.10. The molecule has 2 nitrogen and oxygen atoms in total. The number of rotatable bonds is 3. The molecule has 0 bridgehead atoms. The number of methoxy groups -OCH3 is 1. The van der Waals surface area contributed by atoms with E-state index < -0.39 is 0 Å². The van der Waals surface area contributed by atoms with Gasteiger partial charge in [-0.1, -0.05) is 27.5 Å². The first-order chi connectivity index (χ1) is 9.43. The molecule has 104 valence electrons. The Morgan fingerprint density at radius 3 is 2.30 bits per heavy atom. The van der Waals surface area contributed by atoms with E-state index in [0.29, 0.717) is 16.1 Å². The van der Waals surface area contributed by atoms with Crippen LogP contribution >= 0.6 is 27.5 Å². The topological polar surface area (TPSA) is 26.3 Å². The molecule has 20 heavy (non-hydrogen) atoms. The van der Waals surface area contributed by atoms with Crippen LogP contribution in [0.5, 0.6) is 5.75 Å². The summed E-state index contributed by atoms with van der Waals surface area (Å²) in [4.78, 5) is 12.6. The van der Waals surface area contributed by atoms with Crippen LogP contribution in [0.15, 0.2) is 34.8 Å². The van der Waals surface area contributed by atoms with Crippen molar-refractivity contribution < 1.29 is 9.53 Å². The molecule has 0 saturated heterocycles. The lowest BCUT2D eigenvalue weighted by Gasteiger charge is -2.11. The van der Waals surface area contributed by atoms with E-state index >= 15 is 0 Å². The molecule has 0 fully saturated rings. The normalized spacial score (nSPS) is 10.4. The fraction of sp³-hybridized carbons (Fsp3) is 0.188. The number of ether oxygens (including phenoxy) is 1. The molecule has 0 aliphatic heterocycles. The standard InChI is InChI=1S/C16H14BrClO2/c1-9-6-11(7-10(2)16(9)20-3)15(19)13-8-12(18)4-5-14(13)17/h4-8H,1-3H3. The van der Waals surface area contributed by atoms with Gasteiger partial charge in [-0.3, -0.25) is 4.79 Å². The quantitative estimate of drug-likeness (QED) is 0.729. The Morgan fingerprint density at radius 1 is 1.15 bits per heavy atom. The molecular formula is C16H14BrClO2. The summed E-state index contributed by atoms with van der Waals surface area (Å²) < 4.78 is 6.05. The van der Waals surface area contributed by atoms with Gasteiger partial charge in [0.25, 0.3) is 0 Å². The van der Waals surface area contributed by atoms with Gasteiger partial charge in [-0.2, -0.15) is 0 Å². The molecule has 2 rings (SSSR count). The highest BCUT2D eigenvalue weighted by atomic mass is 79.9. The minimum Gasteiger partial charge on any atom is -0.496 e. The van der Waals surface area contributed by atoms with Crippen molar-refractivity contribution in [2.75, 3.05) is 7.11 Å². The van der Waals surface area contributed by atoms with Crippen molar-refractivity contribution in [2.45, 2.75) is 13.8 Å². The molecule has 0 aromatic heterocycles. The molecule has 4 heteroatoms. The Labute approximate surface area is 131 Å². The van der Waals surface area contributed by atoms with Crippen molar-refractivity contribution in [3.05, 3.63) is 62.1 Å². The third-order valence-corrected chi connectivity index (χ3v) is 4.03. The third-order valence-electron chi connectivity index (χ3n) is 3.10. The summed E-state index contributed by atoms with van der Waals surface area (Å²) in [6.45, 7) is 3.85. The number of hydrogen-bond acceptors (Lipinski definition) is 2. The zero-order chi connectivity index (χ0) is 14.9. The number of halogens is 2. The highest BCUT2D eigenvalue weighted by Crippen LogP contribution is 2.28. The molecule has 0 heterocycles. The van der Waals surface area contributed by atoms with Gasteiger partial charge in [-0.15, -0.1) is 0 Å². The van der Waals surface area contributed by atoms with E-state index in [0.717, 1.165) is 21.3 Å². The van der Waals surface area contributed by atoms with Gasteiger partial charge in [0.1, 0.15) is 5.75 Å². The van der Waals surface area contributed by atoms with E-state index in [1.165, 1.54) is 0 Å². The maximum Gasteiger partial charge on any atom is 0.194 e. The van der Waals surface area contributed by atoms with Crippen LogP contribution in [-0.4, -0.2) is 12.9 Å². The van der Waals surface area contributed by atoms with Gasteiger partial charge < -0.3 is 4.74 Å². The first-order valence-corrected chi connectivity index (χ1v) is 7.26. The maximum atomic E-state index is 12.6. The van der Waals surface area contributed by atoms with E-state index in [-0.39, 0.29) is 5.78 Å². The van der Waals surface area contributed by atoms with Crippen LogP contribution in [-0.2, 0) is 0 Å². The summed E-state index contributed by atoms with van der Waals surface area (Å²) in [5.41, 5.74) is 3.06. The van der Waals surface area contributed by atoms with Gasteiger partial charge in [-0.05, 0) is 55.3 Å². The number of carbonyl (C=O) groups excluding carboxylic acids is 1. The SMILES string of the molecule is COc1c(C)cc(C(=O)c2cc(Cl)ccc2Br)cc1C. The molecule has 0 N–H and O–H groups in total. The lowest BCUT2D eigenvalue weighted by molar-refractivity contribution is 0.103. The van der Waals surface area contributed by atoms with Crippen molar-refractivity contribution in [1.82, 2.24) is 0 Å². The summed E-state index contributed by atoms with van der Waals surface area (Å²) in [5.74, 6) is 0.750. The molecule has 0 aliphatic rings. The van der Waals surface area contributed by atoms with Crippen molar-refractivity contribution in [3.8, 4) is 5.75 Å². The number of aryl methyl sites for hydroxylation is 2. The van der Waals surface area contributed by atoms with Crippen molar-refractivity contribution in [1.29, 1.82) is 0 Å². The summed E-state index contributed by atoms with van der Waals surface area (Å²) in [5, 5.41) is 0.540.